The highest BCUT2D eigenvalue weighted by Crippen LogP contribution is 2.51. The largest absolute Gasteiger partial charge is 0.328 e. The fourth-order valence-corrected chi connectivity index (χ4v) is 6.92. The maximum absolute atomic E-state index is 12.8. The average Bonchev–Trinajstić information content (AvgIpc) is 3.46. The highest BCUT2D eigenvalue weighted by Gasteiger charge is 2.37. The van der Waals surface area contributed by atoms with Gasteiger partial charge in [-0.2, -0.15) is 0 Å². The number of nitrogens with zero attached hydrogens (tertiary/aromatic N) is 5. The summed E-state index contributed by atoms with van der Waals surface area (Å²) in [7, 11) is 3.63. The Morgan fingerprint density at radius 1 is 0.533 bits per heavy atom. The van der Waals surface area contributed by atoms with Crippen molar-refractivity contribution in [3.63, 3.8) is 0 Å². The van der Waals surface area contributed by atoms with Gasteiger partial charge in [-0.3, -0.25) is 9.13 Å². The number of fused-ring (bicyclic) bond motifs is 4. The molecule has 5 aromatic carbocycles. The number of hydrogen-bond acceptors (Lipinski definition) is 4. The highest BCUT2D eigenvalue weighted by molar-refractivity contribution is 5.94. The van der Waals surface area contributed by atoms with Gasteiger partial charge in [-0.15, -0.1) is 0 Å². The van der Waals surface area contributed by atoms with Crippen LogP contribution in [0.15, 0.2) is 120 Å². The molecule has 0 spiro atoms. The molecule has 8 rings (SSSR count). The number of aryl methyl sites for hydroxylation is 2. The Kier molecular flexibility index (Phi) is 5.97. The molecule has 0 aliphatic heterocycles. The first-order valence-corrected chi connectivity index (χ1v) is 15.1. The molecular weight excluding hydrogens is 554 g/mol. The number of benzene rings is 5. The van der Waals surface area contributed by atoms with E-state index in [0.29, 0.717) is 17.5 Å². The molecule has 0 saturated heterocycles. The fraction of sp³-hybridized carbons (Fsp3) is 0.128. The molecule has 6 heteroatoms. The van der Waals surface area contributed by atoms with E-state index in [2.05, 4.69) is 74.5 Å². The van der Waals surface area contributed by atoms with E-state index in [1.807, 2.05) is 68.7 Å². The summed E-state index contributed by atoms with van der Waals surface area (Å²) in [5.74, 6) is 1.86. The molecule has 6 nitrogen and oxygen atoms in total. The lowest BCUT2D eigenvalue weighted by Gasteiger charge is -2.21. The average molecular weight is 586 g/mol. The topological polar surface area (TPSA) is 65.6 Å². The van der Waals surface area contributed by atoms with Crippen molar-refractivity contribution in [2.45, 2.75) is 19.3 Å². The van der Waals surface area contributed by atoms with Crippen molar-refractivity contribution >= 4 is 11.0 Å². The Hall–Kier alpha value is -5.62. The molecule has 0 unspecified atom stereocenters. The maximum Gasteiger partial charge on any atom is 0.328 e. The van der Waals surface area contributed by atoms with E-state index >= 15 is 0 Å². The standard InChI is InChI=1S/C39H31N5O/c1-39(2)30-20-9-8-17-28(30)33-29(19-11-21-31(33)39)37-41-35(24-13-6-5-7-14-24)40-36(42-37)26-16-10-15-25(23-26)27-18-12-22-32-34(27)44(4)38(45)43(32)3/h5-23H,1-4H3. The van der Waals surface area contributed by atoms with E-state index < -0.39 is 0 Å². The lowest BCUT2D eigenvalue weighted by molar-refractivity contribution is 0.660. The molecule has 0 N–H and O–H groups in total. The minimum atomic E-state index is -0.132. The van der Waals surface area contributed by atoms with Crippen LogP contribution in [-0.4, -0.2) is 24.1 Å². The Morgan fingerprint density at radius 2 is 1.11 bits per heavy atom. The second-order valence-electron chi connectivity index (χ2n) is 12.2. The molecule has 0 radical (unpaired) electrons. The van der Waals surface area contributed by atoms with Crippen LogP contribution in [0.5, 0.6) is 0 Å². The van der Waals surface area contributed by atoms with Gasteiger partial charge in [0.2, 0.25) is 0 Å². The van der Waals surface area contributed by atoms with E-state index in [0.717, 1.165) is 38.9 Å². The van der Waals surface area contributed by atoms with Gasteiger partial charge in [0.05, 0.1) is 11.0 Å². The van der Waals surface area contributed by atoms with Crippen molar-refractivity contribution in [3.8, 4) is 56.4 Å². The van der Waals surface area contributed by atoms with E-state index in [9.17, 15) is 4.79 Å². The van der Waals surface area contributed by atoms with Crippen molar-refractivity contribution in [3.05, 3.63) is 137 Å². The lowest BCUT2D eigenvalue weighted by Crippen LogP contribution is -2.19. The molecule has 45 heavy (non-hydrogen) atoms. The van der Waals surface area contributed by atoms with Gasteiger partial charge >= 0.3 is 5.69 Å². The Morgan fingerprint density at radius 3 is 1.93 bits per heavy atom. The monoisotopic (exact) mass is 585 g/mol. The van der Waals surface area contributed by atoms with Crippen LogP contribution in [-0.2, 0) is 19.5 Å². The van der Waals surface area contributed by atoms with E-state index in [1.165, 1.54) is 22.3 Å². The van der Waals surface area contributed by atoms with Crippen molar-refractivity contribution in [1.29, 1.82) is 0 Å². The molecule has 7 aromatic rings. The second kappa shape index (κ2) is 9.96. The minimum absolute atomic E-state index is 0.0524. The van der Waals surface area contributed by atoms with Gasteiger partial charge in [-0.1, -0.05) is 117 Å². The zero-order valence-electron chi connectivity index (χ0n) is 25.6. The van der Waals surface area contributed by atoms with Crippen LogP contribution in [0.4, 0.5) is 0 Å². The van der Waals surface area contributed by atoms with Crippen LogP contribution >= 0.6 is 0 Å². The first-order chi connectivity index (χ1) is 21.8. The third-order valence-corrected chi connectivity index (χ3v) is 9.23. The summed E-state index contributed by atoms with van der Waals surface area (Å²) in [6, 6.07) is 39.4. The van der Waals surface area contributed by atoms with Gasteiger partial charge < -0.3 is 0 Å². The second-order valence-corrected chi connectivity index (χ2v) is 12.2. The summed E-state index contributed by atoms with van der Waals surface area (Å²) < 4.78 is 3.39. The molecule has 1 aliphatic carbocycles. The van der Waals surface area contributed by atoms with Crippen LogP contribution in [0.25, 0.3) is 67.5 Å². The van der Waals surface area contributed by atoms with Crippen LogP contribution in [0.1, 0.15) is 25.0 Å². The first-order valence-electron chi connectivity index (χ1n) is 15.1. The van der Waals surface area contributed by atoms with Crippen LogP contribution in [0.2, 0.25) is 0 Å². The predicted octanol–water partition coefficient (Wildman–Crippen LogP) is 8.04. The molecule has 0 amide bonds. The summed E-state index contributed by atoms with van der Waals surface area (Å²) in [4.78, 5) is 28.0. The zero-order valence-corrected chi connectivity index (χ0v) is 25.6. The van der Waals surface area contributed by atoms with Gasteiger partial charge in [0.1, 0.15) is 0 Å². The molecule has 0 bridgehead atoms. The predicted molar refractivity (Wildman–Crippen MR) is 181 cm³/mol. The van der Waals surface area contributed by atoms with E-state index in [-0.39, 0.29) is 11.1 Å². The molecule has 0 fully saturated rings. The summed E-state index contributed by atoms with van der Waals surface area (Å²) in [6.45, 7) is 4.56. The highest BCUT2D eigenvalue weighted by atomic mass is 16.1. The molecule has 1 aliphatic rings. The maximum atomic E-state index is 12.8. The summed E-state index contributed by atoms with van der Waals surface area (Å²) in [5.41, 5.74) is 11.3. The summed E-state index contributed by atoms with van der Waals surface area (Å²) >= 11 is 0. The van der Waals surface area contributed by atoms with Gasteiger partial charge in [-0.05, 0) is 39.9 Å². The van der Waals surface area contributed by atoms with Crippen molar-refractivity contribution in [2.24, 2.45) is 14.1 Å². The zero-order chi connectivity index (χ0) is 30.9. The number of aromatic nitrogens is 5. The van der Waals surface area contributed by atoms with E-state index in [4.69, 9.17) is 15.0 Å². The van der Waals surface area contributed by atoms with Gasteiger partial charge in [0.15, 0.2) is 17.5 Å². The number of imidazole rings is 1. The molecular formula is C39H31N5O. The van der Waals surface area contributed by atoms with Crippen molar-refractivity contribution in [1.82, 2.24) is 24.1 Å². The third-order valence-electron chi connectivity index (χ3n) is 9.23. The summed E-state index contributed by atoms with van der Waals surface area (Å²) in [5, 5.41) is 0. The molecule has 218 valence electrons. The number of para-hydroxylation sites is 1. The van der Waals surface area contributed by atoms with Crippen molar-refractivity contribution < 1.29 is 0 Å². The summed E-state index contributed by atoms with van der Waals surface area (Å²) in [6.07, 6.45) is 0. The van der Waals surface area contributed by atoms with Crippen LogP contribution < -0.4 is 5.69 Å². The first kappa shape index (κ1) is 27.0. The molecule has 0 saturated carbocycles. The Balaban J connectivity index is 1.35. The molecule has 2 aromatic heterocycles. The Labute approximate surface area is 261 Å². The number of rotatable bonds is 4. The van der Waals surface area contributed by atoms with Crippen LogP contribution in [0, 0.1) is 0 Å². The minimum Gasteiger partial charge on any atom is -0.295 e. The normalized spacial score (nSPS) is 13.2. The lowest BCUT2D eigenvalue weighted by atomic mass is 9.82. The fourth-order valence-electron chi connectivity index (χ4n) is 6.92. The third kappa shape index (κ3) is 4.09. The molecule has 0 atom stereocenters. The van der Waals surface area contributed by atoms with E-state index in [1.54, 1.807) is 9.13 Å². The quantitative estimate of drug-likeness (QED) is 0.210. The smallest absolute Gasteiger partial charge is 0.295 e. The number of hydrogen-bond donors (Lipinski definition) is 0. The van der Waals surface area contributed by atoms with Gasteiger partial charge in [0.25, 0.3) is 0 Å². The SMILES string of the molecule is Cn1c(=O)n(C)c2c(-c3cccc(-c4nc(-c5ccccc5)nc(-c5cccc6c5-c5ccccc5C6(C)C)n4)c3)cccc21. The van der Waals surface area contributed by atoms with Crippen LogP contribution in [0.3, 0.4) is 0 Å². The molecule has 2 heterocycles. The van der Waals surface area contributed by atoms with Gasteiger partial charge in [-0.25, -0.2) is 19.7 Å². The Bertz CT molecular complexity index is 2350. The van der Waals surface area contributed by atoms with Crippen molar-refractivity contribution in [2.75, 3.05) is 0 Å². The van der Waals surface area contributed by atoms with Gasteiger partial charge in [0, 0.05) is 41.8 Å².